The van der Waals surface area contributed by atoms with E-state index >= 15 is 0 Å². The Morgan fingerprint density at radius 3 is 2.33 bits per heavy atom. The first-order chi connectivity index (χ1) is 11.7. The summed E-state index contributed by atoms with van der Waals surface area (Å²) >= 11 is 0. The minimum atomic E-state index is -0.0194. The van der Waals surface area contributed by atoms with Gasteiger partial charge in [0.2, 0.25) is 11.8 Å². The van der Waals surface area contributed by atoms with Crippen molar-refractivity contribution in [1.29, 1.82) is 0 Å². The highest BCUT2D eigenvalue weighted by atomic mass is 16.5. The molecule has 2 saturated heterocycles. The molecule has 0 aromatic carbocycles. The summed E-state index contributed by atoms with van der Waals surface area (Å²) in [6.07, 6.45) is 6.52. The smallest absolute Gasteiger partial charge is 0.255 e. The molecular formula is C18H25N3O3. The van der Waals surface area contributed by atoms with Crippen molar-refractivity contribution in [3.63, 3.8) is 0 Å². The highest BCUT2D eigenvalue weighted by Crippen LogP contribution is 2.23. The third-order valence-electron chi connectivity index (χ3n) is 4.99. The lowest BCUT2D eigenvalue weighted by molar-refractivity contribution is -0.137. The fourth-order valence-corrected chi connectivity index (χ4v) is 3.51. The second-order valence-electron chi connectivity index (χ2n) is 6.54. The van der Waals surface area contributed by atoms with Crippen LogP contribution in [0.4, 0.5) is 0 Å². The number of likely N-dealkylation sites (tertiary alicyclic amines) is 2. The number of aromatic nitrogens is 1. The molecule has 2 aliphatic heterocycles. The molecule has 6 heteroatoms. The van der Waals surface area contributed by atoms with Gasteiger partial charge in [-0.05, 0) is 38.2 Å². The zero-order chi connectivity index (χ0) is 16.9. The van der Waals surface area contributed by atoms with E-state index in [1.165, 1.54) is 6.42 Å². The number of carbonyl (C=O) groups is 2. The Labute approximate surface area is 142 Å². The van der Waals surface area contributed by atoms with Gasteiger partial charge in [-0.3, -0.25) is 9.59 Å². The van der Waals surface area contributed by atoms with E-state index in [0.29, 0.717) is 24.5 Å². The van der Waals surface area contributed by atoms with Crippen LogP contribution in [0.25, 0.3) is 0 Å². The zero-order valence-electron chi connectivity index (χ0n) is 14.2. The first kappa shape index (κ1) is 16.7. The molecule has 130 valence electrons. The molecule has 0 bridgehead atoms. The van der Waals surface area contributed by atoms with Gasteiger partial charge < -0.3 is 14.5 Å². The Balaban J connectivity index is 1.54. The maximum Gasteiger partial charge on any atom is 0.255 e. The van der Waals surface area contributed by atoms with Gasteiger partial charge in [-0.15, -0.1) is 0 Å². The predicted octanol–water partition coefficient (Wildman–Crippen LogP) is 1.95. The topological polar surface area (TPSA) is 62.7 Å². The zero-order valence-corrected chi connectivity index (χ0v) is 14.2. The summed E-state index contributed by atoms with van der Waals surface area (Å²) in [6, 6.07) is 3.43. The first-order valence-electron chi connectivity index (χ1n) is 8.77. The van der Waals surface area contributed by atoms with E-state index in [2.05, 4.69) is 4.98 Å². The largest absolute Gasteiger partial charge is 0.481 e. The Hall–Kier alpha value is -2.11. The lowest BCUT2D eigenvalue weighted by atomic mass is 9.94. The molecule has 2 amide bonds. The van der Waals surface area contributed by atoms with Crippen LogP contribution in [0.5, 0.6) is 5.88 Å². The summed E-state index contributed by atoms with van der Waals surface area (Å²) in [7, 11) is 1.55. The highest BCUT2D eigenvalue weighted by molar-refractivity contribution is 5.94. The molecule has 0 radical (unpaired) electrons. The summed E-state index contributed by atoms with van der Waals surface area (Å²) in [6.45, 7) is 3.06. The van der Waals surface area contributed by atoms with Gasteiger partial charge in [0.05, 0.1) is 12.7 Å². The maximum atomic E-state index is 12.6. The first-order valence-corrected chi connectivity index (χ1v) is 8.77. The minimum Gasteiger partial charge on any atom is -0.481 e. The maximum absolute atomic E-state index is 12.6. The molecule has 0 N–H and O–H groups in total. The lowest BCUT2D eigenvalue weighted by Gasteiger charge is -2.35. The van der Waals surface area contributed by atoms with Crippen LogP contribution < -0.4 is 4.74 Å². The Kier molecular flexibility index (Phi) is 5.33. The second-order valence-corrected chi connectivity index (χ2v) is 6.54. The van der Waals surface area contributed by atoms with Gasteiger partial charge in [0.1, 0.15) is 0 Å². The van der Waals surface area contributed by atoms with E-state index in [-0.39, 0.29) is 17.7 Å². The normalized spacial score (nSPS) is 19.2. The third-order valence-corrected chi connectivity index (χ3v) is 4.99. The van der Waals surface area contributed by atoms with Gasteiger partial charge in [0.25, 0.3) is 5.91 Å². The Morgan fingerprint density at radius 2 is 1.75 bits per heavy atom. The van der Waals surface area contributed by atoms with Gasteiger partial charge in [-0.25, -0.2) is 4.98 Å². The standard InChI is InChI=1S/C18H25N3O3/c1-24-16-6-5-15(13-19-16)18(23)21-11-7-14(8-12-21)17(22)20-9-3-2-4-10-20/h5-6,13-14H,2-4,7-12H2,1H3. The lowest BCUT2D eigenvalue weighted by Crippen LogP contribution is -2.45. The van der Waals surface area contributed by atoms with E-state index in [4.69, 9.17) is 4.74 Å². The number of rotatable bonds is 3. The number of carbonyl (C=O) groups excluding carboxylic acids is 2. The van der Waals surface area contributed by atoms with Crippen LogP contribution in [0.1, 0.15) is 42.5 Å². The summed E-state index contributed by atoms with van der Waals surface area (Å²) in [4.78, 5) is 33.0. The third kappa shape index (κ3) is 3.68. The van der Waals surface area contributed by atoms with E-state index in [1.54, 1.807) is 25.4 Å². The molecule has 1 aromatic rings. The molecule has 3 heterocycles. The minimum absolute atomic E-state index is 0.0194. The molecule has 0 aliphatic carbocycles. The Bertz CT molecular complexity index is 574. The quantitative estimate of drug-likeness (QED) is 0.849. The van der Waals surface area contributed by atoms with E-state index < -0.39 is 0 Å². The van der Waals surface area contributed by atoms with Crippen molar-refractivity contribution in [1.82, 2.24) is 14.8 Å². The number of hydrogen-bond donors (Lipinski definition) is 0. The fourth-order valence-electron chi connectivity index (χ4n) is 3.51. The molecule has 3 rings (SSSR count). The highest BCUT2D eigenvalue weighted by Gasteiger charge is 2.31. The van der Waals surface area contributed by atoms with Crippen molar-refractivity contribution >= 4 is 11.8 Å². The van der Waals surface area contributed by atoms with Crippen LogP contribution in [0.3, 0.4) is 0 Å². The van der Waals surface area contributed by atoms with Gasteiger partial charge in [-0.2, -0.15) is 0 Å². The predicted molar refractivity (Wildman–Crippen MR) is 89.8 cm³/mol. The molecule has 2 fully saturated rings. The van der Waals surface area contributed by atoms with Crippen molar-refractivity contribution in [3.05, 3.63) is 23.9 Å². The monoisotopic (exact) mass is 331 g/mol. The van der Waals surface area contributed by atoms with E-state index in [9.17, 15) is 9.59 Å². The van der Waals surface area contributed by atoms with Crippen molar-refractivity contribution in [2.24, 2.45) is 5.92 Å². The number of ether oxygens (including phenoxy) is 1. The number of piperidine rings is 2. The van der Waals surface area contributed by atoms with E-state index in [1.807, 2.05) is 9.80 Å². The van der Waals surface area contributed by atoms with Gasteiger partial charge in [-0.1, -0.05) is 0 Å². The van der Waals surface area contributed by atoms with Crippen molar-refractivity contribution < 1.29 is 14.3 Å². The van der Waals surface area contributed by atoms with E-state index in [0.717, 1.165) is 38.8 Å². The molecule has 2 aliphatic rings. The van der Waals surface area contributed by atoms with Crippen LogP contribution in [-0.2, 0) is 4.79 Å². The number of methoxy groups -OCH3 is 1. The molecule has 0 atom stereocenters. The van der Waals surface area contributed by atoms with Crippen molar-refractivity contribution in [2.75, 3.05) is 33.3 Å². The summed E-state index contributed by atoms with van der Waals surface area (Å²) < 4.78 is 5.01. The van der Waals surface area contributed by atoms with Gasteiger partial charge >= 0.3 is 0 Å². The number of amides is 2. The molecule has 0 unspecified atom stereocenters. The summed E-state index contributed by atoms with van der Waals surface area (Å²) in [5, 5.41) is 0. The molecule has 6 nitrogen and oxygen atoms in total. The number of hydrogen-bond acceptors (Lipinski definition) is 4. The SMILES string of the molecule is COc1ccc(C(=O)N2CCC(C(=O)N3CCCCC3)CC2)cn1. The van der Waals surface area contributed by atoms with Gasteiger partial charge in [0, 0.05) is 44.4 Å². The number of nitrogens with zero attached hydrogens (tertiary/aromatic N) is 3. The molecule has 0 saturated carbocycles. The van der Waals surface area contributed by atoms with Crippen LogP contribution in [0.15, 0.2) is 18.3 Å². The second kappa shape index (κ2) is 7.64. The summed E-state index contributed by atoms with van der Waals surface area (Å²) in [5.74, 6) is 0.834. The van der Waals surface area contributed by atoms with Crippen LogP contribution in [0.2, 0.25) is 0 Å². The van der Waals surface area contributed by atoms with Crippen LogP contribution in [0, 0.1) is 5.92 Å². The fraction of sp³-hybridized carbons (Fsp3) is 0.611. The molecular weight excluding hydrogens is 306 g/mol. The molecule has 0 spiro atoms. The van der Waals surface area contributed by atoms with Crippen LogP contribution >= 0.6 is 0 Å². The average molecular weight is 331 g/mol. The van der Waals surface area contributed by atoms with Crippen molar-refractivity contribution in [3.8, 4) is 5.88 Å². The Morgan fingerprint density at radius 1 is 1.04 bits per heavy atom. The van der Waals surface area contributed by atoms with Crippen LogP contribution in [-0.4, -0.2) is 59.9 Å². The van der Waals surface area contributed by atoms with Gasteiger partial charge in [0.15, 0.2) is 0 Å². The number of pyridine rings is 1. The average Bonchev–Trinajstić information content (AvgIpc) is 2.68. The summed E-state index contributed by atoms with van der Waals surface area (Å²) in [5.41, 5.74) is 0.566. The van der Waals surface area contributed by atoms with Crippen molar-refractivity contribution in [2.45, 2.75) is 32.1 Å². The molecule has 24 heavy (non-hydrogen) atoms. The molecule has 1 aromatic heterocycles.